The van der Waals surface area contributed by atoms with Crippen LogP contribution in [0.4, 0.5) is 5.82 Å². The Morgan fingerprint density at radius 3 is 2.23 bits per heavy atom. The first kappa shape index (κ1) is 22.7. The molecule has 0 bridgehead atoms. The molecule has 0 atom stereocenters. The second-order valence-corrected chi connectivity index (χ2v) is 8.63. The van der Waals surface area contributed by atoms with Crippen LogP contribution in [0.2, 0.25) is 0 Å². The number of aromatic nitrogens is 3. The van der Waals surface area contributed by atoms with Gasteiger partial charge in [-0.1, -0.05) is 53.7 Å². The zero-order chi connectivity index (χ0) is 24.2. The van der Waals surface area contributed by atoms with E-state index in [0.29, 0.717) is 17.3 Å². The maximum Gasteiger partial charge on any atom is 0.254 e. The van der Waals surface area contributed by atoms with Gasteiger partial charge in [0.2, 0.25) is 11.7 Å². The molecule has 0 aliphatic carbocycles. The van der Waals surface area contributed by atoms with Crippen LogP contribution >= 0.6 is 0 Å². The molecule has 0 saturated carbocycles. The number of hydrogen-bond donors (Lipinski definition) is 1. The number of amides is 1. The van der Waals surface area contributed by atoms with E-state index in [1.165, 1.54) is 11.1 Å². The molecule has 1 fully saturated rings. The SMILES string of the molecule is CNC(=O)c1cccnc1N1CCN(Cc2ccc(-c3ccc(-c4noc(C)n4)cc3)cc2)CC1. The molecule has 1 aliphatic rings. The average Bonchev–Trinajstić information content (AvgIpc) is 3.35. The molecule has 4 aromatic rings. The summed E-state index contributed by atoms with van der Waals surface area (Å²) in [7, 11) is 1.65. The summed E-state index contributed by atoms with van der Waals surface area (Å²) in [5, 5.41) is 6.68. The average molecular weight is 469 g/mol. The summed E-state index contributed by atoms with van der Waals surface area (Å²) >= 11 is 0. The highest BCUT2D eigenvalue weighted by Gasteiger charge is 2.22. The summed E-state index contributed by atoms with van der Waals surface area (Å²) < 4.78 is 5.07. The molecule has 1 saturated heterocycles. The summed E-state index contributed by atoms with van der Waals surface area (Å²) in [4.78, 5) is 25.6. The number of anilines is 1. The topological polar surface area (TPSA) is 87.4 Å². The van der Waals surface area contributed by atoms with Crippen molar-refractivity contribution in [1.82, 2.24) is 25.3 Å². The Morgan fingerprint density at radius 2 is 1.60 bits per heavy atom. The molecule has 0 spiro atoms. The van der Waals surface area contributed by atoms with Crippen molar-refractivity contribution in [3.05, 3.63) is 83.9 Å². The Balaban J connectivity index is 1.19. The van der Waals surface area contributed by atoms with E-state index in [9.17, 15) is 4.79 Å². The fourth-order valence-electron chi connectivity index (χ4n) is 4.37. The summed E-state index contributed by atoms with van der Waals surface area (Å²) in [5.41, 5.74) is 5.17. The van der Waals surface area contributed by atoms with E-state index >= 15 is 0 Å². The van der Waals surface area contributed by atoms with E-state index in [-0.39, 0.29) is 5.91 Å². The van der Waals surface area contributed by atoms with E-state index in [1.807, 2.05) is 18.2 Å². The number of benzene rings is 2. The molecule has 3 heterocycles. The maximum atomic E-state index is 12.2. The predicted octanol–water partition coefficient (Wildman–Crippen LogP) is 3.79. The Labute approximate surface area is 204 Å². The van der Waals surface area contributed by atoms with Gasteiger partial charge in [-0.05, 0) is 28.8 Å². The van der Waals surface area contributed by atoms with Crippen LogP contribution in [0.25, 0.3) is 22.5 Å². The van der Waals surface area contributed by atoms with Crippen LogP contribution in [0.5, 0.6) is 0 Å². The third kappa shape index (κ3) is 5.07. The lowest BCUT2D eigenvalue weighted by molar-refractivity contribution is 0.0963. The molecule has 2 aromatic carbocycles. The third-order valence-corrected chi connectivity index (χ3v) is 6.29. The largest absolute Gasteiger partial charge is 0.355 e. The van der Waals surface area contributed by atoms with Crippen molar-refractivity contribution in [3.63, 3.8) is 0 Å². The lowest BCUT2D eigenvalue weighted by Gasteiger charge is -2.36. The number of piperazine rings is 1. The number of aryl methyl sites for hydroxylation is 1. The zero-order valence-electron chi connectivity index (χ0n) is 19.9. The smallest absolute Gasteiger partial charge is 0.254 e. The minimum absolute atomic E-state index is 0.102. The molecule has 0 unspecified atom stereocenters. The number of hydrogen-bond acceptors (Lipinski definition) is 7. The first-order valence-electron chi connectivity index (χ1n) is 11.7. The van der Waals surface area contributed by atoms with E-state index in [4.69, 9.17) is 4.52 Å². The van der Waals surface area contributed by atoms with Crippen molar-refractivity contribution < 1.29 is 9.32 Å². The number of carbonyl (C=O) groups is 1. The highest BCUT2D eigenvalue weighted by Crippen LogP contribution is 2.25. The van der Waals surface area contributed by atoms with Gasteiger partial charge in [0.15, 0.2) is 0 Å². The number of nitrogens with zero attached hydrogens (tertiary/aromatic N) is 5. The van der Waals surface area contributed by atoms with Crippen molar-refractivity contribution >= 4 is 11.7 Å². The van der Waals surface area contributed by atoms with Crippen molar-refractivity contribution in [2.24, 2.45) is 0 Å². The Morgan fingerprint density at radius 1 is 0.943 bits per heavy atom. The van der Waals surface area contributed by atoms with E-state index in [1.54, 1.807) is 26.2 Å². The van der Waals surface area contributed by atoms with Gasteiger partial charge >= 0.3 is 0 Å². The Bertz CT molecular complexity index is 1290. The monoisotopic (exact) mass is 468 g/mol. The fraction of sp³-hybridized carbons (Fsp3) is 0.259. The molecule has 2 aromatic heterocycles. The summed E-state index contributed by atoms with van der Waals surface area (Å²) in [6, 6.07) is 20.6. The van der Waals surface area contributed by atoms with Gasteiger partial charge in [-0.25, -0.2) is 4.98 Å². The normalized spacial score (nSPS) is 14.2. The maximum absolute atomic E-state index is 12.2. The van der Waals surface area contributed by atoms with Crippen molar-refractivity contribution in [2.45, 2.75) is 13.5 Å². The van der Waals surface area contributed by atoms with Gasteiger partial charge in [-0.2, -0.15) is 4.98 Å². The first-order valence-corrected chi connectivity index (χ1v) is 11.7. The molecule has 1 N–H and O–H groups in total. The molecule has 5 rings (SSSR count). The minimum Gasteiger partial charge on any atom is -0.355 e. The molecule has 1 amide bonds. The lowest BCUT2D eigenvalue weighted by Crippen LogP contribution is -2.46. The molecule has 1 aliphatic heterocycles. The number of pyridine rings is 1. The van der Waals surface area contributed by atoms with E-state index < -0.39 is 0 Å². The lowest BCUT2D eigenvalue weighted by atomic mass is 10.0. The van der Waals surface area contributed by atoms with Crippen molar-refractivity contribution in [2.75, 3.05) is 38.1 Å². The van der Waals surface area contributed by atoms with E-state index in [0.717, 1.165) is 49.7 Å². The highest BCUT2D eigenvalue weighted by molar-refractivity contribution is 5.98. The second kappa shape index (κ2) is 10.1. The van der Waals surface area contributed by atoms with Crippen LogP contribution in [0.3, 0.4) is 0 Å². The van der Waals surface area contributed by atoms with E-state index in [2.05, 4.69) is 66.6 Å². The number of nitrogens with one attached hydrogen (secondary N) is 1. The number of carbonyl (C=O) groups excluding carboxylic acids is 1. The standard InChI is InChI=1S/C27H28N6O2/c1-19-30-25(31-35-19)23-11-9-22(10-12-23)21-7-5-20(6-8-21)18-32-14-16-33(17-15-32)26-24(27(34)28-2)4-3-13-29-26/h3-13H,14-18H2,1-2H3,(H,28,34). The molecule has 8 heteroatoms. The van der Waals surface area contributed by atoms with Crippen LogP contribution in [-0.2, 0) is 6.54 Å². The zero-order valence-corrected chi connectivity index (χ0v) is 19.9. The molecular weight excluding hydrogens is 440 g/mol. The van der Waals surface area contributed by atoms with Gasteiger partial charge in [-0.3, -0.25) is 9.69 Å². The summed E-state index contributed by atoms with van der Waals surface area (Å²) in [6.07, 6.45) is 1.75. The quantitative estimate of drug-likeness (QED) is 0.461. The van der Waals surface area contributed by atoms with Crippen LogP contribution in [0, 0.1) is 6.92 Å². The number of rotatable bonds is 6. The van der Waals surface area contributed by atoms with Crippen LogP contribution < -0.4 is 10.2 Å². The van der Waals surface area contributed by atoms with Gasteiger partial charge in [0.1, 0.15) is 5.82 Å². The molecule has 0 radical (unpaired) electrons. The minimum atomic E-state index is -0.102. The molecular formula is C27H28N6O2. The third-order valence-electron chi connectivity index (χ3n) is 6.29. The molecule has 8 nitrogen and oxygen atoms in total. The Kier molecular flexibility index (Phi) is 6.54. The van der Waals surface area contributed by atoms with Crippen molar-refractivity contribution in [1.29, 1.82) is 0 Å². The fourth-order valence-corrected chi connectivity index (χ4v) is 4.37. The van der Waals surface area contributed by atoms with Gasteiger partial charge in [-0.15, -0.1) is 0 Å². The summed E-state index contributed by atoms with van der Waals surface area (Å²) in [5.74, 6) is 1.83. The van der Waals surface area contributed by atoms with Crippen LogP contribution in [-0.4, -0.2) is 59.2 Å². The first-order chi connectivity index (χ1) is 17.1. The van der Waals surface area contributed by atoms with Crippen molar-refractivity contribution in [3.8, 4) is 22.5 Å². The summed E-state index contributed by atoms with van der Waals surface area (Å²) in [6.45, 7) is 6.20. The van der Waals surface area contributed by atoms with Gasteiger partial charge < -0.3 is 14.7 Å². The second-order valence-electron chi connectivity index (χ2n) is 8.63. The Hall–Kier alpha value is -4.04. The van der Waals surface area contributed by atoms with Crippen LogP contribution in [0.1, 0.15) is 21.8 Å². The molecule has 178 valence electrons. The molecule has 35 heavy (non-hydrogen) atoms. The predicted molar refractivity (Wildman–Crippen MR) is 135 cm³/mol. The highest BCUT2D eigenvalue weighted by atomic mass is 16.5. The van der Waals surface area contributed by atoms with Gasteiger partial charge in [0, 0.05) is 58.5 Å². The van der Waals surface area contributed by atoms with Gasteiger partial charge in [0.05, 0.1) is 5.56 Å². The van der Waals surface area contributed by atoms with Crippen LogP contribution in [0.15, 0.2) is 71.4 Å². The van der Waals surface area contributed by atoms with Gasteiger partial charge in [0.25, 0.3) is 5.91 Å².